The van der Waals surface area contributed by atoms with Crippen molar-refractivity contribution in [1.29, 1.82) is 0 Å². The summed E-state index contributed by atoms with van der Waals surface area (Å²) in [5.41, 5.74) is -0.885. The lowest BCUT2D eigenvalue weighted by molar-refractivity contribution is -0.168. The Bertz CT molecular complexity index is 1200. The average Bonchev–Trinajstić information content (AvgIpc) is 2.75. The molecular formula is C23H24ClN3O6. The molecular weight excluding hydrogens is 450 g/mol. The Morgan fingerprint density at radius 2 is 1.88 bits per heavy atom. The molecule has 0 spiro atoms. The van der Waals surface area contributed by atoms with E-state index >= 15 is 0 Å². The van der Waals surface area contributed by atoms with Crippen LogP contribution < -0.4 is 15.6 Å². The number of halogens is 1. The number of aromatic nitrogens is 2. The molecule has 4 aliphatic carbocycles. The number of hydrogen-bond donors (Lipinski definition) is 3. The third-order valence-electron chi connectivity index (χ3n) is 7.60. The maximum Gasteiger partial charge on any atom is 0.335 e. The van der Waals surface area contributed by atoms with Crippen molar-refractivity contribution < 1.29 is 24.5 Å². The largest absolute Gasteiger partial charge is 0.495 e. The summed E-state index contributed by atoms with van der Waals surface area (Å²) in [6.07, 6.45) is 5.47. The first kappa shape index (κ1) is 21.8. The Balaban J connectivity index is 1.55. The fourth-order valence-electron chi connectivity index (χ4n) is 6.65. The normalized spacial score (nSPS) is 29.6. The van der Waals surface area contributed by atoms with Crippen molar-refractivity contribution in [2.75, 3.05) is 12.4 Å². The summed E-state index contributed by atoms with van der Waals surface area (Å²) in [6.45, 7) is 0. The number of carbonyl (C=O) groups is 2. The first-order valence-electron chi connectivity index (χ1n) is 10.9. The van der Waals surface area contributed by atoms with Gasteiger partial charge in [-0.1, -0.05) is 11.6 Å². The molecule has 5 atom stereocenters. The number of carboxylic acids is 2. The molecule has 33 heavy (non-hydrogen) atoms. The van der Waals surface area contributed by atoms with Crippen LogP contribution in [0, 0.1) is 23.7 Å². The highest BCUT2D eigenvalue weighted by atomic mass is 35.5. The van der Waals surface area contributed by atoms with E-state index in [0.29, 0.717) is 36.1 Å². The molecule has 174 valence electrons. The molecule has 2 unspecified atom stereocenters. The van der Waals surface area contributed by atoms with Gasteiger partial charge in [-0.15, -0.1) is 0 Å². The van der Waals surface area contributed by atoms with Crippen LogP contribution in [0.4, 0.5) is 11.4 Å². The van der Waals surface area contributed by atoms with Crippen LogP contribution in [0.15, 0.2) is 29.2 Å². The topological polar surface area (TPSA) is 131 Å². The van der Waals surface area contributed by atoms with Gasteiger partial charge in [-0.25, -0.2) is 9.48 Å². The monoisotopic (exact) mass is 473 g/mol. The zero-order valence-electron chi connectivity index (χ0n) is 18.0. The number of nitrogens with zero attached hydrogens (tertiary/aromatic N) is 2. The van der Waals surface area contributed by atoms with Gasteiger partial charge in [-0.05, 0) is 68.1 Å². The van der Waals surface area contributed by atoms with Gasteiger partial charge in [0.05, 0.1) is 41.7 Å². The van der Waals surface area contributed by atoms with Crippen LogP contribution in [0.3, 0.4) is 0 Å². The molecule has 0 aliphatic heterocycles. The van der Waals surface area contributed by atoms with Crippen LogP contribution in [0.5, 0.6) is 5.75 Å². The Hall–Kier alpha value is -3.07. The van der Waals surface area contributed by atoms with Crippen LogP contribution in [-0.2, 0) is 10.3 Å². The minimum atomic E-state index is -1.11. The number of nitrogens with one attached hydrogen (secondary N) is 1. The van der Waals surface area contributed by atoms with Gasteiger partial charge >= 0.3 is 11.9 Å². The first-order valence-corrected chi connectivity index (χ1v) is 11.3. The Labute approximate surface area is 194 Å². The van der Waals surface area contributed by atoms with E-state index < -0.39 is 29.0 Å². The molecule has 4 bridgehead atoms. The molecule has 10 heteroatoms. The van der Waals surface area contributed by atoms with Crippen molar-refractivity contribution in [1.82, 2.24) is 9.78 Å². The zero-order valence-corrected chi connectivity index (χ0v) is 18.7. The van der Waals surface area contributed by atoms with Crippen LogP contribution >= 0.6 is 11.6 Å². The summed E-state index contributed by atoms with van der Waals surface area (Å²) in [7, 11) is 1.44. The number of anilines is 2. The maximum absolute atomic E-state index is 13.4. The standard InChI is InChI=1S/C23H24ClN3O6/c1-33-17-3-2-13(21(29)30)7-15(17)26-16-10-25-27(20(28)19(16)24)23-8-11-4-12(9-23)6-14(5-11)18(23)22(31)32/h2-3,7,10-12,14,18,26H,4-6,8-9H2,1H3,(H,29,30)(H,31,32)/t11-,12+,14?,18-,23?/m1/s1. The highest BCUT2D eigenvalue weighted by molar-refractivity contribution is 6.33. The summed E-state index contributed by atoms with van der Waals surface area (Å²) in [4.78, 5) is 37.0. The third-order valence-corrected chi connectivity index (χ3v) is 7.96. The van der Waals surface area contributed by atoms with Gasteiger partial charge in [0, 0.05) is 0 Å². The number of benzene rings is 1. The molecule has 4 aliphatic rings. The minimum absolute atomic E-state index is 0.0357. The molecule has 0 amide bonds. The summed E-state index contributed by atoms with van der Waals surface area (Å²) in [5.74, 6) is -1.47. The van der Waals surface area contributed by atoms with Crippen LogP contribution in [0.1, 0.15) is 42.5 Å². The number of rotatable bonds is 6. The van der Waals surface area contributed by atoms with E-state index in [4.69, 9.17) is 16.3 Å². The lowest BCUT2D eigenvalue weighted by atomic mass is 9.48. The van der Waals surface area contributed by atoms with E-state index in [1.165, 1.54) is 36.2 Å². The lowest BCUT2D eigenvalue weighted by Crippen LogP contribution is -2.63. The molecule has 0 saturated heterocycles. The number of methoxy groups -OCH3 is 1. The predicted molar refractivity (Wildman–Crippen MR) is 119 cm³/mol. The molecule has 1 aromatic heterocycles. The summed E-state index contributed by atoms with van der Waals surface area (Å²) in [5, 5.41) is 26.6. The number of hydrogen-bond acceptors (Lipinski definition) is 6. The number of ether oxygens (including phenoxy) is 1. The van der Waals surface area contributed by atoms with E-state index in [-0.39, 0.29) is 22.2 Å². The molecule has 9 nitrogen and oxygen atoms in total. The summed E-state index contributed by atoms with van der Waals surface area (Å²) >= 11 is 6.47. The van der Waals surface area contributed by atoms with Crippen molar-refractivity contribution in [2.24, 2.45) is 23.7 Å². The highest BCUT2D eigenvalue weighted by Crippen LogP contribution is 2.61. The van der Waals surface area contributed by atoms with Gasteiger partial charge in [-0.2, -0.15) is 5.10 Å². The van der Waals surface area contributed by atoms with Crippen LogP contribution in [0.25, 0.3) is 0 Å². The van der Waals surface area contributed by atoms with Crippen molar-refractivity contribution in [3.63, 3.8) is 0 Å². The number of aliphatic carboxylic acids is 1. The average molecular weight is 474 g/mol. The van der Waals surface area contributed by atoms with E-state index in [1.54, 1.807) is 0 Å². The molecule has 2 aromatic rings. The second-order valence-corrected chi connectivity index (χ2v) is 9.84. The molecule has 1 heterocycles. The van der Waals surface area contributed by atoms with Crippen molar-refractivity contribution >= 4 is 34.9 Å². The molecule has 6 rings (SSSR count). The highest BCUT2D eigenvalue weighted by Gasteiger charge is 2.61. The minimum Gasteiger partial charge on any atom is -0.495 e. The molecule has 3 N–H and O–H groups in total. The summed E-state index contributed by atoms with van der Waals surface area (Å²) < 4.78 is 6.60. The van der Waals surface area contributed by atoms with Gasteiger partial charge < -0.3 is 20.3 Å². The number of aromatic carboxylic acids is 1. The zero-order chi connectivity index (χ0) is 23.5. The van der Waals surface area contributed by atoms with E-state index in [0.717, 1.165) is 19.3 Å². The first-order chi connectivity index (χ1) is 15.7. The molecule has 4 fully saturated rings. The van der Waals surface area contributed by atoms with Crippen molar-refractivity contribution in [3.8, 4) is 5.75 Å². The smallest absolute Gasteiger partial charge is 0.335 e. The molecule has 4 saturated carbocycles. The third kappa shape index (κ3) is 3.37. The Kier molecular flexibility index (Phi) is 5.12. The van der Waals surface area contributed by atoms with E-state index in [9.17, 15) is 24.6 Å². The van der Waals surface area contributed by atoms with Crippen molar-refractivity contribution in [2.45, 2.75) is 37.6 Å². The molecule has 0 radical (unpaired) electrons. The van der Waals surface area contributed by atoms with Gasteiger partial charge in [0.2, 0.25) is 0 Å². The van der Waals surface area contributed by atoms with E-state index in [1.807, 2.05) is 0 Å². The van der Waals surface area contributed by atoms with Gasteiger partial charge in [-0.3, -0.25) is 9.59 Å². The van der Waals surface area contributed by atoms with Gasteiger partial charge in [0.1, 0.15) is 10.8 Å². The molecule has 1 aromatic carbocycles. The van der Waals surface area contributed by atoms with E-state index in [2.05, 4.69) is 10.4 Å². The van der Waals surface area contributed by atoms with Crippen LogP contribution in [0.2, 0.25) is 5.02 Å². The lowest BCUT2D eigenvalue weighted by Gasteiger charge is -2.59. The maximum atomic E-state index is 13.4. The Morgan fingerprint density at radius 3 is 2.48 bits per heavy atom. The predicted octanol–water partition coefficient (Wildman–Crippen LogP) is 3.58. The van der Waals surface area contributed by atoms with Gasteiger partial charge in [0.25, 0.3) is 5.56 Å². The fraction of sp³-hybridized carbons (Fsp3) is 0.478. The fourth-order valence-corrected chi connectivity index (χ4v) is 6.83. The summed E-state index contributed by atoms with van der Waals surface area (Å²) in [6, 6.07) is 4.28. The second kappa shape index (κ2) is 7.76. The SMILES string of the molecule is COc1ccc(C(=O)O)cc1Nc1cnn(C23C[C@@H]4CC(C[C@@H](C4)C2)[C@@H]3C(=O)O)c(=O)c1Cl. The quantitative estimate of drug-likeness (QED) is 0.580. The second-order valence-electron chi connectivity index (χ2n) is 9.46. The van der Waals surface area contributed by atoms with Crippen LogP contribution in [-0.4, -0.2) is 39.0 Å². The Morgan fingerprint density at radius 1 is 1.18 bits per heavy atom. The number of carboxylic acid groups (broad SMARTS) is 2. The van der Waals surface area contributed by atoms with Crippen molar-refractivity contribution in [3.05, 3.63) is 45.3 Å². The van der Waals surface area contributed by atoms with Gasteiger partial charge in [0.15, 0.2) is 0 Å².